The van der Waals surface area contributed by atoms with Crippen LogP contribution in [0, 0.1) is 0 Å². The van der Waals surface area contributed by atoms with Crippen molar-refractivity contribution in [2.75, 3.05) is 13.2 Å². The summed E-state index contributed by atoms with van der Waals surface area (Å²) in [5.41, 5.74) is 5.42. The quantitative estimate of drug-likeness (QED) is 0.245. The number of ether oxygens (including phenoxy) is 2. The molecule has 1 unspecified atom stereocenters. The van der Waals surface area contributed by atoms with Crippen molar-refractivity contribution in [1.29, 1.82) is 0 Å². The zero-order valence-corrected chi connectivity index (χ0v) is 20.5. The molecule has 0 bridgehead atoms. The van der Waals surface area contributed by atoms with Gasteiger partial charge in [0.1, 0.15) is 19.3 Å². The fourth-order valence-electron chi connectivity index (χ4n) is 5.01. The average Bonchev–Trinajstić information content (AvgIpc) is 3.46. The lowest BCUT2D eigenvalue weighted by Crippen LogP contribution is -2.44. The molecule has 1 aliphatic rings. The largest absolute Gasteiger partial charge is 0.464 e. The Balaban J connectivity index is 1.34. The molecule has 3 aromatic carbocycles. The van der Waals surface area contributed by atoms with E-state index in [4.69, 9.17) is 9.47 Å². The van der Waals surface area contributed by atoms with Crippen molar-refractivity contribution in [1.82, 2.24) is 9.88 Å². The standard InChI is InChI=1S/C30H26N2O6/c1-2-15-37-28(33)26(16-19-17-32(30(35)36)27-14-8-7-9-20(19)27)31-29(34)38-18-25-23-12-5-3-10-21(23)22-11-4-6-13-24(22)25/h2-14,17,25-26H,1,15-16,18H2,(H,31,34)(H,35,36). The molecule has 1 heterocycles. The number of fused-ring (bicyclic) bond motifs is 4. The molecule has 1 aromatic heterocycles. The minimum Gasteiger partial charge on any atom is -0.464 e. The number of carbonyl (C=O) groups is 3. The van der Waals surface area contributed by atoms with Gasteiger partial charge in [-0.05, 0) is 33.9 Å². The number of hydrogen-bond acceptors (Lipinski definition) is 5. The molecule has 1 aliphatic carbocycles. The van der Waals surface area contributed by atoms with Gasteiger partial charge in [0.25, 0.3) is 0 Å². The van der Waals surface area contributed by atoms with Crippen LogP contribution < -0.4 is 5.32 Å². The highest BCUT2D eigenvalue weighted by atomic mass is 16.6. The number of carboxylic acid groups (broad SMARTS) is 1. The number of alkyl carbamates (subject to hydrolysis) is 1. The predicted molar refractivity (Wildman–Crippen MR) is 142 cm³/mol. The van der Waals surface area contributed by atoms with Crippen LogP contribution in [0.25, 0.3) is 22.0 Å². The maximum atomic E-state index is 12.9. The number of nitrogens with zero attached hydrogens (tertiary/aromatic N) is 1. The Morgan fingerprint density at radius 3 is 2.24 bits per heavy atom. The number of para-hydroxylation sites is 1. The average molecular weight is 511 g/mol. The molecule has 0 saturated carbocycles. The lowest BCUT2D eigenvalue weighted by atomic mass is 9.98. The minimum atomic E-state index is -1.15. The van der Waals surface area contributed by atoms with Crippen molar-refractivity contribution in [3.8, 4) is 11.1 Å². The van der Waals surface area contributed by atoms with E-state index in [1.165, 1.54) is 12.3 Å². The van der Waals surface area contributed by atoms with E-state index in [9.17, 15) is 19.5 Å². The Morgan fingerprint density at radius 1 is 0.947 bits per heavy atom. The third-order valence-corrected chi connectivity index (χ3v) is 6.69. The molecule has 2 N–H and O–H groups in total. The smallest absolute Gasteiger partial charge is 0.416 e. The molecular formula is C30H26N2O6. The van der Waals surface area contributed by atoms with E-state index < -0.39 is 24.2 Å². The van der Waals surface area contributed by atoms with E-state index in [1.54, 1.807) is 24.3 Å². The summed E-state index contributed by atoms with van der Waals surface area (Å²) in [7, 11) is 0. The lowest BCUT2D eigenvalue weighted by Gasteiger charge is -2.19. The van der Waals surface area contributed by atoms with Crippen LogP contribution >= 0.6 is 0 Å². The van der Waals surface area contributed by atoms with Gasteiger partial charge < -0.3 is 19.9 Å². The number of aromatic nitrogens is 1. The molecule has 1 atom stereocenters. The Bertz CT molecular complexity index is 1490. The molecule has 0 radical (unpaired) electrons. The van der Waals surface area contributed by atoms with Gasteiger partial charge in [-0.15, -0.1) is 0 Å². The molecule has 1 amide bonds. The van der Waals surface area contributed by atoms with E-state index in [0.717, 1.165) is 26.8 Å². The highest BCUT2D eigenvalue weighted by Gasteiger charge is 2.30. The second kappa shape index (κ2) is 10.6. The van der Waals surface area contributed by atoms with Crippen LogP contribution in [0.5, 0.6) is 0 Å². The van der Waals surface area contributed by atoms with Gasteiger partial charge in [-0.1, -0.05) is 79.4 Å². The molecule has 8 nitrogen and oxygen atoms in total. The summed E-state index contributed by atoms with van der Waals surface area (Å²) in [5.74, 6) is -0.807. The number of rotatable bonds is 8. The van der Waals surface area contributed by atoms with Crippen molar-refractivity contribution < 1.29 is 29.0 Å². The number of benzene rings is 3. The summed E-state index contributed by atoms with van der Waals surface area (Å²) in [5, 5.41) is 12.9. The topological polar surface area (TPSA) is 107 Å². The van der Waals surface area contributed by atoms with Crippen LogP contribution in [0.15, 0.2) is 91.6 Å². The third-order valence-electron chi connectivity index (χ3n) is 6.69. The lowest BCUT2D eigenvalue weighted by molar-refractivity contribution is -0.144. The summed E-state index contributed by atoms with van der Waals surface area (Å²) in [6, 6.07) is 21.9. The summed E-state index contributed by atoms with van der Waals surface area (Å²) < 4.78 is 11.9. The first kappa shape index (κ1) is 24.8. The predicted octanol–water partition coefficient (Wildman–Crippen LogP) is 5.35. The van der Waals surface area contributed by atoms with Crippen molar-refractivity contribution >= 4 is 29.1 Å². The summed E-state index contributed by atoms with van der Waals surface area (Å²) in [6.45, 7) is 3.61. The van der Waals surface area contributed by atoms with Crippen molar-refractivity contribution in [2.24, 2.45) is 0 Å². The van der Waals surface area contributed by atoms with Crippen molar-refractivity contribution in [3.63, 3.8) is 0 Å². The molecule has 4 aromatic rings. The van der Waals surface area contributed by atoms with Gasteiger partial charge >= 0.3 is 18.2 Å². The fourth-order valence-corrected chi connectivity index (χ4v) is 5.01. The van der Waals surface area contributed by atoms with Gasteiger partial charge in [0.2, 0.25) is 0 Å². The normalized spacial score (nSPS) is 12.8. The highest BCUT2D eigenvalue weighted by Crippen LogP contribution is 2.44. The van der Waals surface area contributed by atoms with E-state index in [2.05, 4.69) is 11.9 Å². The third kappa shape index (κ3) is 4.76. The number of hydrogen-bond donors (Lipinski definition) is 2. The molecule has 8 heteroatoms. The SMILES string of the molecule is C=CCOC(=O)C(Cc1cn(C(=O)O)c2ccccc12)NC(=O)OCC1c2ccccc2-c2ccccc21. The minimum absolute atomic E-state index is 0.0148. The van der Waals surface area contributed by atoms with E-state index in [-0.39, 0.29) is 25.6 Å². The maximum absolute atomic E-state index is 12.9. The monoisotopic (exact) mass is 510 g/mol. The van der Waals surface area contributed by atoms with Crippen LogP contribution in [0.4, 0.5) is 9.59 Å². The Hall–Kier alpha value is -4.85. The van der Waals surface area contributed by atoms with Gasteiger partial charge in [0.05, 0.1) is 5.52 Å². The van der Waals surface area contributed by atoms with E-state index in [0.29, 0.717) is 16.5 Å². The molecule has 0 aliphatic heterocycles. The van der Waals surface area contributed by atoms with E-state index >= 15 is 0 Å². The molecule has 0 fully saturated rings. The van der Waals surface area contributed by atoms with Crippen LogP contribution in [-0.4, -0.2) is 47.1 Å². The van der Waals surface area contributed by atoms with Gasteiger partial charge in [0, 0.05) is 23.9 Å². The van der Waals surface area contributed by atoms with Gasteiger partial charge in [-0.2, -0.15) is 0 Å². The number of carbonyl (C=O) groups excluding carboxylic acids is 2. The summed E-state index contributed by atoms with van der Waals surface area (Å²) in [6.07, 6.45) is 0.969. The van der Waals surface area contributed by atoms with Crippen molar-refractivity contribution in [2.45, 2.75) is 18.4 Å². The molecule has 38 heavy (non-hydrogen) atoms. The van der Waals surface area contributed by atoms with Gasteiger partial charge in [-0.25, -0.2) is 14.4 Å². The first-order valence-electron chi connectivity index (χ1n) is 12.2. The van der Waals surface area contributed by atoms with E-state index in [1.807, 2.05) is 48.5 Å². The van der Waals surface area contributed by atoms with Gasteiger partial charge in [-0.3, -0.25) is 4.57 Å². The number of nitrogens with one attached hydrogen (secondary N) is 1. The number of esters is 1. The van der Waals surface area contributed by atoms with Crippen LogP contribution in [0.2, 0.25) is 0 Å². The first-order chi connectivity index (χ1) is 18.5. The second-order valence-corrected chi connectivity index (χ2v) is 8.97. The Kier molecular flexibility index (Phi) is 6.95. The Labute approximate surface area is 219 Å². The maximum Gasteiger partial charge on any atom is 0.416 e. The van der Waals surface area contributed by atoms with Crippen LogP contribution in [0.3, 0.4) is 0 Å². The first-order valence-corrected chi connectivity index (χ1v) is 12.2. The zero-order valence-electron chi connectivity index (χ0n) is 20.5. The second-order valence-electron chi connectivity index (χ2n) is 8.97. The Morgan fingerprint density at radius 2 is 1.58 bits per heavy atom. The number of amides is 1. The molecule has 192 valence electrons. The molecule has 5 rings (SSSR count). The van der Waals surface area contributed by atoms with Crippen LogP contribution in [0.1, 0.15) is 22.6 Å². The summed E-state index contributed by atoms with van der Waals surface area (Å²) >= 11 is 0. The fraction of sp³-hybridized carbons (Fsp3) is 0.167. The molecular weight excluding hydrogens is 484 g/mol. The summed E-state index contributed by atoms with van der Waals surface area (Å²) in [4.78, 5) is 37.5. The highest BCUT2D eigenvalue weighted by molar-refractivity contribution is 5.92. The zero-order chi connectivity index (χ0) is 26.6. The van der Waals surface area contributed by atoms with Gasteiger partial charge in [0.15, 0.2) is 0 Å². The molecule has 0 spiro atoms. The van der Waals surface area contributed by atoms with Crippen LogP contribution in [-0.2, 0) is 20.7 Å². The van der Waals surface area contributed by atoms with Crippen molar-refractivity contribution in [3.05, 3.63) is 108 Å². The molecule has 0 saturated heterocycles.